The number of benzene rings is 1. The molecule has 0 saturated heterocycles. The minimum atomic E-state index is 0.410. The summed E-state index contributed by atoms with van der Waals surface area (Å²) in [6.07, 6.45) is 6.53. The third kappa shape index (κ3) is 4.52. The van der Waals surface area contributed by atoms with Crippen LogP contribution in [0.2, 0.25) is 0 Å². The monoisotopic (exact) mass is 274 g/mol. The molecular weight excluding hydrogens is 244 g/mol. The van der Waals surface area contributed by atoms with Gasteiger partial charge in [-0.1, -0.05) is 52.2 Å². The van der Waals surface area contributed by atoms with E-state index in [4.69, 9.17) is 0 Å². The molecule has 2 rings (SSSR count). The lowest BCUT2D eigenvalue weighted by Crippen LogP contribution is -2.29. The van der Waals surface area contributed by atoms with E-state index in [2.05, 4.69) is 49.6 Å². The van der Waals surface area contributed by atoms with E-state index in [-0.39, 0.29) is 0 Å². The molecule has 0 aliphatic carbocycles. The Balaban J connectivity index is 1.75. The maximum Gasteiger partial charge on any atom is 0.0373 e. The van der Waals surface area contributed by atoms with Crippen LogP contribution in [0.25, 0.3) is 0 Å². The Bertz CT molecular complexity index is 423. The van der Waals surface area contributed by atoms with E-state index in [1.54, 1.807) is 0 Å². The predicted octanol–water partition coefficient (Wildman–Crippen LogP) is 4.35. The molecule has 1 heterocycles. The highest BCUT2D eigenvalue weighted by Crippen LogP contribution is 2.24. The number of anilines is 1. The first kappa shape index (κ1) is 15.4. The average molecular weight is 274 g/mol. The summed E-state index contributed by atoms with van der Waals surface area (Å²) in [6.45, 7) is 10.2. The SMILES string of the molecule is CCCCCC(C)(C)CNCc1ccc2c(c1)CCN2. The van der Waals surface area contributed by atoms with Crippen LogP contribution < -0.4 is 10.6 Å². The highest BCUT2D eigenvalue weighted by atomic mass is 14.9. The Morgan fingerprint density at radius 3 is 2.90 bits per heavy atom. The van der Waals surface area contributed by atoms with Crippen molar-refractivity contribution >= 4 is 5.69 Å². The summed E-state index contributed by atoms with van der Waals surface area (Å²) < 4.78 is 0. The first-order valence-corrected chi connectivity index (χ1v) is 8.17. The van der Waals surface area contributed by atoms with Gasteiger partial charge in [0.15, 0.2) is 0 Å². The zero-order chi connectivity index (χ0) is 14.4. The first-order chi connectivity index (χ1) is 9.61. The second-order valence-electron chi connectivity index (χ2n) is 6.89. The maximum atomic E-state index is 3.64. The molecule has 20 heavy (non-hydrogen) atoms. The topological polar surface area (TPSA) is 24.1 Å². The molecule has 0 atom stereocenters. The fourth-order valence-electron chi connectivity index (χ4n) is 2.96. The summed E-state index contributed by atoms with van der Waals surface area (Å²) in [7, 11) is 0. The van der Waals surface area contributed by atoms with Crippen LogP contribution in [0.3, 0.4) is 0 Å². The molecule has 2 N–H and O–H groups in total. The van der Waals surface area contributed by atoms with Gasteiger partial charge in [-0.05, 0) is 35.4 Å². The summed E-state index contributed by atoms with van der Waals surface area (Å²) in [4.78, 5) is 0. The normalized spacial score (nSPS) is 14.2. The number of hydrogen-bond acceptors (Lipinski definition) is 2. The van der Waals surface area contributed by atoms with Gasteiger partial charge in [-0.3, -0.25) is 0 Å². The van der Waals surface area contributed by atoms with Gasteiger partial charge in [-0.15, -0.1) is 0 Å². The molecule has 1 aromatic rings. The van der Waals surface area contributed by atoms with Crippen LogP contribution in [-0.2, 0) is 13.0 Å². The predicted molar refractivity (Wildman–Crippen MR) is 88.3 cm³/mol. The van der Waals surface area contributed by atoms with Crippen LogP contribution in [0.15, 0.2) is 18.2 Å². The lowest BCUT2D eigenvalue weighted by molar-refractivity contribution is 0.302. The van der Waals surface area contributed by atoms with Crippen molar-refractivity contribution in [3.05, 3.63) is 29.3 Å². The van der Waals surface area contributed by atoms with Crippen LogP contribution in [-0.4, -0.2) is 13.1 Å². The number of fused-ring (bicyclic) bond motifs is 1. The Hall–Kier alpha value is -1.02. The molecule has 0 unspecified atom stereocenters. The van der Waals surface area contributed by atoms with Gasteiger partial charge in [0.25, 0.3) is 0 Å². The Morgan fingerprint density at radius 1 is 1.25 bits per heavy atom. The fraction of sp³-hybridized carbons (Fsp3) is 0.667. The van der Waals surface area contributed by atoms with Crippen LogP contribution in [0.4, 0.5) is 5.69 Å². The summed E-state index contributed by atoms with van der Waals surface area (Å²) in [6, 6.07) is 6.83. The molecule has 1 aromatic carbocycles. The van der Waals surface area contributed by atoms with E-state index in [0.717, 1.165) is 19.6 Å². The van der Waals surface area contributed by atoms with Gasteiger partial charge in [0.2, 0.25) is 0 Å². The van der Waals surface area contributed by atoms with Crippen molar-refractivity contribution in [3.63, 3.8) is 0 Å². The lowest BCUT2D eigenvalue weighted by atomic mass is 9.87. The smallest absolute Gasteiger partial charge is 0.0373 e. The van der Waals surface area contributed by atoms with Crippen LogP contribution in [0.5, 0.6) is 0 Å². The summed E-state index contributed by atoms with van der Waals surface area (Å²) in [5.41, 5.74) is 4.63. The molecule has 1 aliphatic rings. The number of unbranched alkanes of at least 4 members (excludes halogenated alkanes) is 2. The van der Waals surface area contributed by atoms with Gasteiger partial charge in [0.1, 0.15) is 0 Å². The third-order valence-electron chi connectivity index (χ3n) is 4.27. The Labute approximate surface area is 124 Å². The minimum absolute atomic E-state index is 0.410. The van der Waals surface area contributed by atoms with Gasteiger partial charge in [-0.2, -0.15) is 0 Å². The highest BCUT2D eigenvalue weighted by molar-refractivity contribution is 5.56. The zero-order valence-electron chi connectivity index (χ0n) is 13.4. The number of nitrogens with one attached hydrogen (secondary N) is 2. The van der Waals surface area contributed by atoms with Gasteiger partial charge < -0.3 is 10.6 Å². The van der Waals surface area contributed by atoms with Crippen molar-refractivity contribution in [2.45, 2.75) is 59.4 Å². The molecule has 0 radical (unpaired) electrons. The van der Waals surface area contributed by atoms with Crippen molar-refractivity contribution < 1.29 is 0 Å². The van der Waals surface area contributed by atoms with E-state index >= 15 is 0 Å². The van der Waals surface area contributed by atoms with Crippen LogP contribution in [0, 0.1) is 5.41 Å². The van der Waals surface area contributed by atoms with Gasteiger partial charge in [0, 0.05) is 25.3 Å². The van der Waals surface area contributed by atoms with Crippen molar-refractivity contribution in [1.29, 1.82) is 0 Å². The molecule has 0 saturated carbocycles. The maximum absolute atomic E-state index is 3.64. The van der Waals surface area contributed by atoms with Crippen molar-refractivity contribution in [2.75, 3.05) is 18.4 Å². The standard InChI is InChI=1S/C18H30N2/c1-4-5-6-10-18(2,3)14-19-13-15-7-8-17-16(12-15)9-11-20-17/h7-8,12,19-20H,4-6,9-11,13-14H2,1-3H3. The van der Waals surface area contributed by atoms with E-state index in [0.29, 0.717) is 5.41 Å². The molecule has 0 spiro atoms. The van der Waals surface area contributed by atoms with Crippen LogP contribution >= 0.6 is 0 Å². The lowest BCUT2D eigenvalue weighted by Gasteiger charge is -2.25. The van der Waals surface area contributed by atoms with Crippen LogP contribution in [0.1, 0.15) is 57.6 Å². The molecule has 2 heteroatoms. The molecule has 0 bridgehead atoms. The molecule has 1 aliphatic heterocycles. The quantitative estimate of drug-likeness (QED) is 0.689. The largest absolute Gasteiger partial charge is 0.384 e. The van der Waals surface area contributed by atoms with Crippen molar-refractivity contribution in [1.82, 2.24) is 5.32 Å². The summed E-state index contributed by atoms with van der Waals surface area (Å²) in [5, 5.41) is 7.06. The number of hydrogen-bond donors (Lipinski definition) is 2. The van der Waals surface area contributed by atoms with Crippen molar-refractivity contribution in [2.24, 2.45) is 5.41 Å². The Kier molecular flexibility index (Phi) is 5.47. The van der Waals surface area contributed by atoms with E-state index in [1.165, 1.54) is 48.9 Å². The second-order valence-corrected chi connectivity index (χ2v) is 6.89. The van der Waals surface area contributed by atoms with Gasteiger partial charge >= 0.3 is 0 Å². The fourth-order valence-corrected chi connectivity index (χ4v) is 2.96. The number of rotatable bonds is 8. The molecule has 112 valence electrons. The highest BCUT2D eigenvalue weighted by Gasteiger charge is 2.16. The summed E-state index contributed by atoms with van der Waals surface area (Å²) in [5.74, 6) is 0. The zero-order valence-corrected chi connectivity index (χ0v) is 13.4. The molecule has 2 nitrogen and oxygen atoms in total. The first-order valence-electron chi connectivity index (χ1n) is 8.17. The van der Waals surface area contributed by atoms with E-state index in [9.17, 15) is 0 Å². The van der Waals surface area contributed by atoms with Crippen molar-refractivity contribution in [3.8, 4) is 0 Å². The minimum Gasteiger partial charge on any atom is -0.384 e. The average Bonchev–Trinajstić information content (AvgIpc) is 2.86. The second kappa shape index (κ2) is 7.12. The van der Waals surface area contributed by atoms with E-state index in [1.807, 2.05) is 0 Å². The van der Waals surface area contributed by atoms with Gasteiger partial charge in [-0.25, -0.2) is 0 Å². The molecule has 0 fully saturated rings. The van der Waals surface area contributed by atoms with Gasteiger partial charge in [0.05, 0.1) is 0 Å². The molecule has 0 amide bonds. The van der Waals surface area contributed by atoms with E-state index < -0.39 is 0 Å². The third-order valence-corrected chi connectivity index (χ3v) is 4.27. The summed E-state index contributed by atoms with van der Waals surface area (Å²) >= 11 is 0. The molecule has 0 aromatic heterocycles. The Morgan fingerprint density at radius 2 is 2.10 bits per heavy atom. The molecular formula is C18H30N2.